The van der Waals surface area contributed by atoms with Crippen LogP contribution in [0, 0.1) is 0 Å². The van der Waals surface area contributed by atoms with E-state index in [1.54, 1.807) is 31.2 Å². The number of carbonyl (C=O) groups is 2. The smallest absolute Gasteiger partial charge is 0.242 e. The Morgan fingerprint density at radius 3 is 2.30 bits per heavy atom. The Morgan fingerprint density at radius 2 is 1.68 bits per heavy atom. The van der Waals surface area contributed by atoms with Gasteiger partial charge in [0.25, 0.3) is 0 Å². The minimum atomic E-state index is -3.68. The summed E-state index contributed by atoms with van der Waals surface area (Å²) < 4.78 is 26.2. The van der Waals surface area contributed by atoms with Crippen molar-refractivity contribution in [3.05, 3.63) is 82.4 Å². The van der Waals surface area contributed by atoms with E-state index in [9.17, 15) is 18.0 Å². The van der Waals surface area contributed by atoms with Crippen molar-refractivity contribution in [2.45, 2.75) is 58.2 Å². The molecule has 0 spiro atoms. The highest BCUT2D eigenvalue weighted by Crippen LogP contribution is 2.20. The van der Waals surface area contributed by atoms with Crippen molar-refractivity contribution in [1.29, 1.82) is 0 Å². The Hall–Kier alpha value is -2.68. The third-order valence-electron chi connectivity index (χ3n) is 6.55. The van der Waals surface area contributed by atoms with Gasteiger partial charge in [0.2, 0.25) is 21.8 Å². The molecule has 1 N–H and O–H groups in total. The zero-order valence-corrected chi connectivity index (χ0v) is 23.1. The van der Waals surface area contributed by atoms with Gasteiger partial charge >= 0.3 is 0 Å². The minimum absolute atomic E-state index is 0.0654. The van der Waals surface area contributed by atoms with Gasteiger partial charge in [0.05, 0.1) is 12.8 Å². The van der Waals surface area contributed by atoms with Gasteiger partial charge in [-0.2, -0.15) is 4.31 Å². The van der Waals surface area contributed by atoms with Crippen molar-refractivity contribution in [1.82, 2.24) is 14.5 Å². The summed E-state index contributed by atoms with van der Waals surface area (Å²) in [7, 11) is -3.68. The van der Waals surface area contributed by atoms with E-state index in [1.807, 2.05) is 30.3 Å². The van der Waals surface area contributed by atoms with E-state index in [2.05, 4.69) is 11.4 Å². The molecule has 7 nitrogen and oxygen atoms in total. The van der Waals surface area contributed by atoms with Gasteiger partial charge in [-0.15, -0.1) is 0 Å². The molecule has 1 aliphatic rings. The summed E-state index contributed by atoms with van der Waals surface area (Å²) in [6.07, 6.45) is 8.67. The standard InChI is InChI=1S/C28H36ClN3O4S/c1-22(28(34)30-18-17-23-9-5-3-6-10-23)32(20-25-13-15-26(29)16-14-25)27(33)21-31(37(2,35)36)19-24-11-7-4-8-12-24/h4,7-9,11-16,22H,3,5-6,10,17-21H2,1-2H3,(H,30,34)/t22-/m0/s1. The van der Waals surface area contributed by atoms with Gasteiger partial charge < -0.3 is 10.2 Å². The molecule has 0 aromatic heterocycles. The quantitative estimate of drug-likeness (QED) is 0.397. The molecule has 0 heterocycles. The number of sulfonamides is 1. The van der Waals surface area contributed by atoms with E-state index < -0.39 is 22.0 Å². The molecule has 0 radical (unpaired) electrons. The summed E-state index contributed by atoms with van der Waals surface area (Å²) in [4.78, 5) is 28.0. The SMILES string of the molecule is C[C@@H](C(=O)NCCC1=CCCCC1)N(Cc1ccc(Cl)cc1)C(=O)CN(Cc1ccccc1)S(C)(=O)=O. The van der Waals surface area contributed by atoms with Crippen LogP contribution < -0.4 is 5.32 Å². The van der Waals surface area contributed by atoms with Crippen LogP contribution in [-0.4, -0.2) is 54.8 Å². The van der Waals surface area contributed by atoms with Crippen LogP contribution in [0.4, 0.5) is 0 Å². The van der Waals surface area contributed by atoms with Gasteiger partial charge in [-0.25, -0.2) is 8.42 Å². The second-order valence-corrected chi connectivity index (χ2v) is 11.9. The average Bonchev–Trinajstić information content (AvgIpc) is 2.88. The lowest BCUT2D eigenvalue weighted by molar-refractivity contribution is -0.140. The topological polar surface area (TPSA) is 86.8 Å². The molecule has 0 unspecified atom stereocenters. The van der Waals surface area contributed by atoms with Crippen LogP contribution in [-0.2, 0) is 32.7 Å². The Labute approximate surface area is 225 Å². The molecule has 2 aromatic rings. The number of benzene rings is 2. The lowest BCUT2D eigenvalue weighted by atomic mass is 9.97. The molecule has 0 fully saturated rings. The Balaban J connectivity index is 1.74. The number of nitrogens with zero attached hydrogens (tertiary/aromatic N) is 2. The molecule has 0 bridgehead atoms. The molecule has 2 aromatic carbocycles. The Kier molecular flexibility index (Phi) is 10.7. The first-order valence-electron chi connectivity index (χ1n) is 12.6. The summed E-state index contributed by atoms with van der Waals surface area (Å²) in [6.45, 7) is 2.02. The zero-order valence-electron chi connectivity index (χ0n) is 21.5. The van der Waals surface area contributed by atoms with Crippen LogP contribution in [0.5, 0.6) is 0 Å². The highest BCUT2D eigenvalue weighted by molar-refractivity contribution is 7.88. The normalized spacial score (nSPS) is 14.6. The number of halogens is 1. The minimum Gasteiger partial charge on any atom is -0.354 e. The van der Waals surface area contributed by atoms with Crippen LogP contribution in [0.15, 0.2) is 66.2 Å². The van der Waals surface area contributed by atoms with Crippen molar-refractivity contribution in [3.8, 4) is 0 Å². The lowest BCUT2D eigenvalue weighted by Gasteiger charge is -2.31. The van der Waals surface area contributed by atoms with Crippen LogP contribution >= 0.6 is 11.6 Å². The van der Waals surface area contributed by atoms with E-state index in [4.69, 9.17) is 11.6 Å². The fraction of sp³-hybridized carbons (Fsp3) is 0.429. The van der Waals surface area contributed by atoms with Gasteiger partial charge in [0.15, 0.2) is 0 Å². The van der Waals surface area contributed by atoms with E-state index in [0.29, 0.717) is 11.6 Å². The van der Waals surface area contributed by atoms with Crippen LogP contribution in [0.2, 0.25) is 5.02 Å². The first kappa shape index (κ1) is 28.9. The van der Waals surface area contributed by atoms with Gasteiger partial charge in [0.1, 0.15) is 6.04 Å². The maximum atomic E-state index is 13.5. The zero-order chi connectivity index (χ0) is 26.8. The summed E-state index contributed by atoms with van der Waals surface area (Å²) in [6, 6.07) is 15.3. The molecule has 3 rings (SSSR count). The third-order valence-corrected chi connectivity index (χ3v) is 7.99. The van der Waals surface area contributed by atoms with Crippen molar-refractivity contribution in [2.75, 3.05) is 19.3 Å². The summed E-state index contributed by atoms with van der Waals surface area (Å²) in [5.41, 5.74) is 2.92. The predicted molar refractivity (Wildman–Crippen MR) is 147 cm³/mol. The molecule has 200 valence electrons. The maximum absolute atomic E-state index is 13.5. The van der Waals surface area contributed by atoms with E-state index >= 15 is 0 Å². The molecule has 2 amide bonds. The van der Waals surface area contributed by atoms with Crippen molar-refractivity contribution >= 4 is 33.4 Å². The molecule has 1 atom stereocenters. The summed E-state index contributed by atoms with van der Waals surface area (Å²) in [5, 5.41) is 3.52. The molecule has 0 saturated carbocycles. The second-order valence-electron chi connectivity index (χ2n) is 9.49. The molecular formula is C28H36ClN3O4S. The van der Waals surface area contributed by atoms with Gasteiger partial charge in [0, 0.05) is 24.7 Å². The van der Waals surface area contributed by atoms with Crippen LogP contribution in [0.25, 0.3) is 0 Å². The lowest BCUT2D eigenvalue weighted by Crippen LogP contribution is -2.51. The van der Waals surface area contributed by atoms with Crippen molar-refractivity contribution in [3.63, 3.8) is 0 Å². The number of hydrogen-bond donors (Lipinski definition) is 1. The van der Waals surface area contributed by atoms with Gasteiger partial charge in [-0.3, -0.25) is 9.59 Å². The molecular weight excluding hydrogens is 510 g/mol. The molecule has 0 aliphatic heterocycles. The largest absolute Gasteiger partial charge is 0.354 e. The predicted octanol–water partition coefficient (Wildman–Crippen LogP) is 4.53. The maximum Gasteiger partial charge on any atom is 0.242 e. The highest BCUT2D eigenvalue weighted by Gasteiger charge is 2.29. The molecule has 9 heteroatoms. The Bertz CT molecular complexity index is 1180. The second kappa shape index (κ2) is 13.7. The summed E-state index contributed by atoms with van der Waals surface area (Å²) in [5.74, 6) is -0.721. The number of hydrogen-bond acceptors (Lipinski definition) is 4. The fourth-order valence-electron chi connectivity index (χ4n) is 4.31. The van der Waals surface area contributed by atoms with Gasteiger partial charge in [-0.05, 0) is 62.3 Å². The molecule has 1 aliphatic carbocycles. The van der Waals surface area contributed by atoms with E-state index in [0.717, 1.165) is 41.0 Å². The molecule has 37 heavy (non-hydrogen) atoms. The van der Waals surface area contributed by atoms with Crippen LogP contribution in [0.1, 0.15) is 50.2 Å². The number of amides is 2. The van der Waals surface area contributed by atoms with Crippen LogP contribution in [0.3, 0.4) is 0 Å². The van der Waals surface area contributed by atoms with Crippen molar-refractivity contribution in [2.24, 2.45) is 0 Å². The fourth-order valence-corrected chi connectivity index (χ4v) is 5.17. The number of nitrogens with one attached hydrogen (secondary N) is 1. The van der Waals surface area contributed by atoms with E-state index in [1.165, 1.54) is 23.3 Å². The van der Waals surface area contributed by atoms with E-state index in [-0.39, 0.29) is 25.5 Å². The average molecular weight is 546 g/mol. The number of carbonyl (C=O) groups excluding carboxylic acids is 2. The highest BCUT2D eigenvalue weighted by atomic mass is 35.5. The monoisotopic (exact) mass is 545 g/mol. The Morgan fingerprint density at radius 1 is 1.00 bits per heavy atom. The number of allylic oxidation sites excluding steroid dienone is 1. The first-order chi connectivity index (χ1) is 17.6. The van der Waals surface area contributed by atoms with Gasteiger partial charge in [-0.1, -0.05) is 65.7 Å². The number of rotatable bonds is 12. The third kappa shape index (κ3) is 9.29. The molecule has 0 saturated heterocycles. The first-order valence-corrected chi connectivity index (χ1v) is 14.8. The van der Waals surface area contributed by atoms with Crippen molar-refractivity contribution < 1.29 is 18.0 Å². The summed E-state index contributed by atoms with van der Waals surface area (Å²) >= 11 is 6.02.